The molecular weight excluding hydrogens is 432 g/mol. The van der Waals surface area contributed by atoms with Crippen molar-refractivity contribution >= 4 is 33.0 Å². The summed E-state index contributed by atoms with van der Waals surface area (Å²) in [7, 11) is -3.88. The zero-order valence-corrected chi connectivity index (χ0v) is 19.6. The maximum atomic E-state index is 12.9. The summed E-state index contributed by atoms with van der Waals surface area (Å²) in [5, 5.41) is 13.9. The molecule has 0 fully saturated rings. The van der Waals surface area contributed by atoms with Crippen molar-refractivity contribution < 1.29 is 18.1 Å². The molecule has 0 aliphatic rings. The molecule has 1 N–H and O–H groups in total. The molecule has 0 radical (unpaired) electrons. The first-order chi connectivity index (χ1) is 15.1. The second-order valence-electron chi connectivity index (χ2n) is 7.32. The molecule has 2 aromatic carbocycles. The molecule has 9 nitrogen and oxygen atoms in total. The average Bonchev–Trinajstić information content (AvgIpc) is 2.76. The molecule has 0 heterocycles. The Kier molecular flexibility index (Phi) is 8.59. The molecule has 10 heteroatoms. The van der Waals surface area contributed by atoms with Gasteiger partial charge in [0.2, 0.25) is 15.9 Å². The lowest BCUT2D eigenvalue weighted by Crippen LogP contribution is -2.49. The topological polar surface area (TPSA) is 113 Å². The van der Waals surface area contributed by atoms with Crippen molar-refractivity contribution in [3.63, 3.8) is 0 Å². The number of carbonyl (C=O) groups excluding carboxylic acids is 1. The smallest absolute Gasteiger partial charge is 0.271 e. The normalized spacial score (nSPS) is 12.1. The molecule has 0 spiro atoms. The van der Waals surface area contributed by atoms with E-state index in [-0.39, 0.29) is 24.3 Å². The lowest BCUT2D eigenvalue weighted by Gasteiger charge is -2.30. The Morgan fingerprint density at radius 2 is 1.69 bits per heavy atom. The van der Waals surface area contributed by atoms with Crippen LogP contribution in [0.4, 0.5) is 17.1 Å². The van der Waals surface area contributed by atoms with Gasteiger partial charge in [-0.2, -0.15) is 0 Å². The zero-order valence-electron chi connectivity index (χ0n) is 18.8. The largest absolute Gasteiger partial charge is 0.372 e. The lowest BCUT2D eigenvalue weighted by atomic mass is 10.1. The standard InChI is InChI=1S/C22H30N4O5S/c1-5-21(25(32(4,30)31)19-9-8-10-20(15-19)26(28)29)22(27)23-16-17-11-13-18(14-12-17)24(6-2)7-3/h8-15,21H,5-7,16H2,1-4H3,(H,23,27)/t21-/m0/s1. The average molecular weight is 463 g/mol. The van der Waals surface area contributed by atoms with Crippen LogP contribution in [0.15, 0.2) is 48.5 Å². The molecule has 0 saturated heterocycles. The second kappa shape index (κ2) is 10.9. The first-order valence-corrected chi connectivity index (χ1v) is 12.3. The predicted molar refractivity (Wildman–Crippen MR) is 126 cm³/mol. The number of nitro benzene ring substituents is 1. The minimum absolute atomic E-state index is 0.0762. The van der Waals surface area contributed by atoms with Crippen molar-refractivity contribution in [2.24, 2.45) is 0 Å². The van der Waals surface area contributed by atoms with Crippen molar-refractivity contribution in [3.05, 3.63) is 64.2 Å². The summed E-state index contributed by atoms with van der Waals surface area (Å²) < 4.78 is 26.0. The molecule has 2 rings (SSSR count). The van der Waals surface area contributed by atoms with Crippen molar-refractivity contribution in [1.29, 1.82) is 0 Å². The van der Waals surface area contributed by atoms with Crippen LogP contribution in [-0.4, -0.2) is 44.6 Å². The highest BCUT2D eigenvalue weighted by molar-refractivity contribution is 7.92. The molecule has 2 aromatic rings. The SMILES string of the molecule is CC[C@@H](C(=O)NCc1ccc(N(CC)CC)cc1)N(c1cccc([N+](=O)[O-])c1)S(C)(=O)=O. The predicted octanol–water partition coefficient (Wildman–Crippen LogP) is 3.30. The Labute approximate surface area is 189 Å². The van der Waals surface area contributed by atoms with E-state index in [4.69, 9.17) is 0 Å². The Morgan fingerprint density at radius 1 is 1.06 bits per heavy atom. The number of sulfonamides is 1. The number of nitro groups is 1. The van der Waals surface area contributed by atoms with E-state index in [1.54, 1.807) is 6.92 Å². The van der Waals surface area contributed by atoms with Gasteiger partial charge < -0.3 is 10.2 Å². The van der Waals surface area contributed by atoms with Crippen LogP contribution < -0.4 is 14.5 Å². The molecular formula is C22H30N4O5S. The summed E-state index contributed by atoms with van der Waals surface area (Å²) in [4.78, 5) is 25.7. The fraction of sp³-hybridized carbons (Fsp3) is 0.409. The Morgan fingerprint density at radius 3 is 2.19 bits per heavy atom. The number of hydrogen-bond donors (Lipinski definition) is 1. The van der Waals surface area contributed by atoms with Crippen LogP contribution in [0.5, 0.6) is 0 Å². The van der Waals surface area contributed by atoms with E-state index in [2.05, 4.69) is 24.1 Å². The monoisotopic (exact) mass is 462 g/mol. The minimum atomic E-state index is -3.88. The van der Waals surface area contributed by atoms with Crippen LogP contribution in [0.3, 0.4) is 0 Å². The third-order valence-corrected chi connectivity index (χ3v) is 6.34. The van der Waals surface area contributed by atoms with Gasteiger partial charge in [0.15, 0.2) is 0 Å². The first kappa shape index (κ1) is 25.1. The molecule has 174 valence electrons. The number of rotatable bonds is 11. The minimum Gasteiger partial charge on any atom is -0.372 e. The van der Waals surface area contributed by atoms with E-state index in [1.807, 2.05) is 24.3 Å². The number of nitrogens with zero attached hydrogens (tertiary/aromatic N) is 3. The number of nitrogens with one attached hydrogen (secondary N) is 1. The number of amides is 1. The summed E-state index contributed by atoms with van der Waals surface area (Å²) in [5.74, 6) is -0.475. The van der Waals surface area contributed by atoms with Gasteiger partial charge in [-0.1, -0.05) is 25.1 Å². The van der Waals surface area contributed by atoms with E-state index in [0.717, 1.165) is 41.0 Å². The van der Waals surface area contributed by atoms with Crippen LogP contribution in [0.2, 0.25) is 0 Å². The number of carbonyl (C=O) groups is 1. The summed E-state index contributed by atoms with van der Waals surface area (Å²) >= 11 is 0. The quantitative estimate of drug-likeness (QED) is 0.405. The second-order valence-corrected chi connectivity index (χ2v) is 9.18. The summed E-state index contributed by atoms with van der Waals surface area (Å²) in [6.07, 6.45) is 1.18. The highest BCUT2D eigenvalue weighted by atomic mass is 32.2. The maximum Gasteiger partial charge on any atom is 0.271 e. The van der Waals surface area contributed by atoms with Crippen molar-refractivity contribution in [3.8, 4) is 0 Å². The third-order valence-electron chi connectivity index (χ3n) is 5.16. The van der Waals surface area contributed by atoms with E-state index < -0.39 is 26.9 Å². The molecule has 0 saturated carbocycles. The van der Waals surface area contributed by atoms with Crippen LogP contribution in [0.1, 0.15) is 32.8 Å². The van der Waals surface area contributed by atoms with E-state index >= 15 is 0 Å². The third kappa shape index (κ3) is 6.19. The van der Waals surface area contributed by atoms with Crippen molar-refractivity contribution in [1.82, 2.24) is 5.32 Å². The first-order valence-electron chi connectivity index (χ1n) is 10.5. The van der Waals surface area contributed by atoms with Gasteiger partial charge in [0.1, 0.15) is 6.04 Å². The number of non-ortho nitro benzene ring substituents is 1. The van der Waals surface area contributed by atoms with Gasteiger partial charge in [-0.3, -0.25) is 19.2 Å². The Bertz CT molecular complexity index is 1040. The summed E-state index contributed by atoms with van der Waals surface area (Å²) in [6, 6.07) is 12.0. The summed E-state index contributed by atoms with van der Waals surface area (Å²) in [5.41, 5.74) is 1.79. The van der Waals surface area contributed by atoms with E-state index in [1.165, 1.54) is 18.2 Å². The highest BCUT2D eigenvalue weighted by Crippen LogP contribution is 2.26. The number of benzene rings is 2. The van der Waals surface area contributed by atoms with Crippen LogP contribution in [0, 0.1) is 10.1 Å². The van der Waals surface area contributed by atoms with Gasteiger partial charge in [0, 0.05) is 37.5 Å². The van der Waals surface area contributed by atoms with Gasteiger partial charge in [0.25, 0.3) is 5.69 Å². The van der Waals surface area contributed by atoms with Crippen LogP contribution in [-0.2, 0) is 21.4 Å². The molecule has 0 aromatic heterocycles. The van der Waals surface area contributed by atoms with E-state index in [9.17, 15) is 23.3 Å². The van der Waals surface area contributed by atoms with Crippen LogP contribution >= 0.6 is 0 Å². The van der Waals surface area contributed by atoms with Crippen molar-refractivity contribution in [2.75, 3.05) is 28.6 Å². The van der Waals surface area contributed by atoms with Gasteiger partial charge in [-0.15, -0.1) is 0 Å². The molecule has 0 unspecified atom stereocenters. The number of hydrogen-bond acceptors (Lipinski definition) is 6. The fourth-order valence-corrected chi connectivity index (χ4v) is 4.73. The van der Waals surface area contributed by atoms with Gasteiger partial charge in [-0.05, 0) is 44.0 Å². The lowest BCUT2D eigenvalue weighted by molar-refractivity contribution is -0.384. The van der Waals surface area contributed by atoms with Crippen molar-refractivity contribution in [2.45, 2.75) is 39.8 Å². The molecule has 1 amide bonds. The van der Waals surface area contributed by atoms with Gasteiger partial charge >= 0.3 is 0 Å². The molecule has 0 aliphatic carbocycles. The Balaban J connectivity index is 2.22. The maximum absolute atomic E-state index is 12.9. The zero-order chi connectivity index (χ0) is 23.9. The Hall–Kier alpha value is -3.14. The molecule has 1 atom stereocenters. The molecule has 32 heavy (non-hydrogen) atoms. The highest BCUT2D eigenvalue weighted by Gasteiger charge is 2.32. The molecule has 0 bridgehead atoms. The van der Waals surface area contributed by atoms with Crippen LogP contribution in [0.25, 0.3) is 0 Å². The van der Waals surface area contributed by atoms with Gasteiger partial charge in [0.05, 0.1) is 16.9 Å². The summed E-state index contributed by atoms with van der Waals surface area (Å²) in [6.45, 7) is 7.88. The number of anilines is 2. The fourth-order valence-electron chi connectivity index (χ4n) is 3.52. The van der Waals surface area contributed by atoms with Gasteiger partial charge in [-0.25, -0.2) is 8.42 Å². The van der Waals surface area contributed by atoms with E-state index in [0.29, 0.717) is 0 Å². The molecule has 0 aliphatic heterocycles.